The van der Waals surface area contributed by atoms with Crippen LogP contribution in [0.1, 0.15) is 17.0 Å². The highest BCUT2D eigenvalue weighted by Crippen LogP contribution is 2.20. The molecule has 5 heteroatoms. The molecular weight excluding hydrogens is 301 g/mol. The summed E-state index contributed by atoms with van der Waals surface area (Å²) < 4.78 is 15.1. The average molecular weight is 318 g/mol. The van der Waals surface area contributed by atoms with E-state index in [9.17, 15) is 4.39 Å². The number of aromatic nitrogens is 2. The van der Waals surface area contributed by atoms with Gasteiger partial charge in [0.2, 0.25) is 0 Å². The van der Waals surface area contributed by atoms with E-state index in [1.165, 1.54) is 12.1 Å². The summed E-state index contributed by atoms with van der Waals surface area (Å²) in [6, 6.07) is 10.3. The normalized spacial score (nSPS) is 11.5. The monoisotopic (exact) mass is 317 g/mol. The van der Waals surface area contributed by atoms with Gasteiger partial charge in [0.25, 0.3) is 0 Å². The van der Waals surface area contributed by atoms with Crippen LogP contribution in [0.4, 0.5) is 4.39 Å². The van der Waals surface area contributed by atoms with Gasteiger partial charge in [0.15, 0.2) is 0 Å². The molecule has 0 aliphatic heterocycles. The van der Waals surface area contributed by atoms with E-state index in [0.717, 1.165) is 29.1 Å². The zero-order valence-corrected chi connectivity index (χ0v) is 13.3. The minimum atomic E-state index is -0.223. The smallest absolute Gasteiger partial charge is 0.137 e. The van der Waals surface area contributed by atoms with E-state index >= 15 is 0 Å². The van der Waals surface area contributed by atoms with Gasteiger partial charge in [0.05, 0.1) is 16.4 Å². The summed E-state index contributed by atoms with van der Waals surface area (Å²) in [5.41, 5.74) is 4.00. The number of benzene rings is 1. The highest BCUT2D eigenvalue weighted by atomic mass is 35.5. The van der Waals surface area contributed by atoms with E-state index in [2.05, 4.69) is 4.90 Å². The molecule has 0 spiro atoms. The predicted molar refractivity (Wildman–Crippen MR) is 86.8 cm³/mol. The Kier molecular flexibility index (Phi) is 4.14. The van der Waals surface area contributed by atoms with Crippen molar-refractivity contribution in [1.29, 1.82) is 0 Å². The molecule has 0 aliphatic rings. The quantitative estimate of drug-likeness (QED) is 0.730. The van der Waals surface area contributed by atoms with Gasteiger partial charge in [-0.3, -0.25) is 0 Å². The summed E-state index contributed by atoms with van der Waals surface area (Å²) >= 11 is 6.11. The summed E-state index contributed by atoms with van der Waals surface area (Å²) in [7, 11) is 4.04. The third kappa shape index (κ3) is 3.13. The second-order valence-corrected chi connectivity index (χ2v) is 6.06. The summed E-state index contributed by atoms with van der Waals surface area (Å²) in [4.78, 5) is 6.80. The fourth-order valence-corrected chi connectivity index (χ4v) is 2.68. The molecular formula is C17H17ClFN3. The van der Waals surface area contributed by atoms with Crippen molar-refractivity contribution in [3.63, 3.8) is 0 Å². The number of hydrogen-bond acceptors (Lipinski definition) is 2. The van der Waals surface area contributed by atoms with Gasteiger partial charge in [0.1, 0.15) is 11.5 Å². The Labute approximate surface area is 134 Å². The first-order valence-electron chi connectivity index (χ1n) is 7.07. The van der Waals surface area contributed by atoms with Crippen LogP contribution in [0, 0.1) is 5.82 Å². The van der Waals surface area contributed by atoms with Gasteiger partial charge in [-0.15, -0.1) is 0 Å². The van der Waals surface area contributed by atoms with Crippen molar-refractivity contribution in [3.05, 3.63) is 70.4 Å². The molecule has 3 aromatic rings. The number of halogens is 2. The SMILES string of the molecule is CN(C)Cc1c(Cc2ccc(F)cc2)nc2ccc(Cl)cn12. The van der Waals surface area contributed by atoms with Crippen LogP contribution in [-0.4, -0.2) is 28.4 Å². The number of nitrogens with zero attached hydrogens (tertiary/aromatic N) is 3. The number of fused-ring (bicyclic) bond motifs is 1. The van der Waals surface area contributed by atoms with Crippen LogP contribution in [0.2, 0.25) is 5.02 Å². The highest BCUT2D eigenvalue weighted by molar-refractivity contribution is 6.30. The van der Waals surface area contributed by atoms with E-state index in [-0.39, 0.29) is 5.82 Å². The Bertz CT molecular complexity index is 794. The van der Waals surface area contributed by atoms with Crippen LogP contribution >= 0.6 is 11.6 Å². The van der Waals surface area contributed by atoms with Gasteiger partial charge in [-0.25, -0.2) is 9.37 Å². The molecule has 0 saturated carbocycles. The lowest BCUT2D eigenvalue weighted by Gasteiger charge is -2.11. The lowest BCUT2D eigenvalue weighted by Crippen LogP contribution is -2.14. The molecule has 0 unspecified atom stereocenters. The highest BCUT2D eigenvalue weighted by Gasteiger charge is 2.14. The van der Waals surface area contributed by atoms with Gasteiger partial charge in [-0.05, 0) is 43.9 Å². The zero-order valence-electron chi connectivity index (χ0n) is 12.6. The van der Waals surface area contributed by atoms with Crippen molar-refractivity contribution in [1.82, 2.24) is 14.3 Å². The van der Waals surface area contributed by atoms with E-state index in [1.807, 2.05) is 36.8 Å². The van der Waals surface area contributed by atoms with Gasteiger partial charge < -0.3 is 9.30 Å². The fraction of sp³-hybridized carbons (Fsp3) is 0.235. The van der Waals surface area contributed by atoms with E-state index in [1.54, 1.807) is 12.1 Å². The molecule has 2 heterocycles. The van der Waals surface area contributed by atoms with Crippen molar-refractivity contribution < 1.29 is 4.39 Å². The van der Waals surface area contributed by atoms with Gasteiger partial charge >= 0.3 is 0 Å². The Morgan fingerprint density at radius 2 is 1.86 bits per heavy atom. The number of hydrogen-bond donors (Lipinski definition) is 0. The standard InChI is InChI=1S/C17H17ClFN3/c1-21(2)11-16-15(9-12-3-6-14(19)7-4-12)20-17-8-5-13(18)10-22(16)17/h3-8,10H,9,11H2,1-2H3. The second kappa shape index (κ2) is 6.07. The number of pyridine rings is 1. The van der Waals surface area contributed by atoms with Crippen LogP contribution in [0.25, 0.3) is 5.65 Å². The summed E-state index contributed by atoms with van der Waals surface area (Å²) in [6.07, 6.45) is 2.56. The van der Waals surface area contributed by atoms with Crippen molar-refractivity contribution in [3.8, 4) is 0 Å². The lowest BCUT2D eigenvalue weighted by atomic mass is 10.1. The lowest BCUT2D eigenvalue weighted by molar-refractivity contribution is 0.394. The first kappa shape index (κ1) is 15.0. The van der Waals surface area contributed by atoms with Crippen LogP contribution in [0.5, 0.6) is 0 Å². The second-order valence-electron chi connectivity index (χ2n) is 5.62. The molecule has 0 radical (unpaired) electrons. The molecule has 1 aromatic carbocycles. The van der Waals surface area contributed by atoms with Crippen LogP contribution in [0.15, 0.2) is 42.6 Å². The number of imidazole rings is 1. The Balaban J connectivity index is 2.05. The largest absolute Gasteiger partial charge is 0.304 e. The molecule has 0 amide bonds. The Morgan fingerprint density at radius 3 is 2.55 bits per heavy atom. The van der Waals surface area contributed by atoms with Gasteiger partial charge in [-0.1, -0.05) is 23.7 Å². The van der Waals surface area contributed by atoms with Crippen molar-refractivity contribution in [2.24, 2.45) is 0 Å². The zero-order chi connectivity index (χ0) is 15.7. The Morgan fingerprint density at radius 1 is 1.14 bits per heavy atom. The molecule has 0 fully saturated rings. The van der Waals surface area contributed by atoms with E-state index < -0.39 is 0 Å². The topological polar surface area (TPSA) is 20.5 Å². The van der Waals surface area contributed by atoms with Gasteiger partial charge in [-0.2, -0.15) is 0 Å². The van der Waals surface area contributed by atoms with Crippen molar-refractivity contribution >= 4 is 17.2 Å². The minimum absolute atomic E-state index is 0.223. The molecule has 114 valence electrons. The maximum atomic E-state index is 13.0. The number of rotatable bonds is 4. The molecule has 0 saturated heterocycles. The summed E-state index contributed by atoms with van der Waals surface area (Å²) in [5.74, 6) is -0.223. The first-order chi connectivity index (χ1) is 10.5. The van der Waals surface area contributed by atoms with Gasteiger partial charge in [0, 0.05) is 19.2 Å². The molecule has 3 nitrogen and oxygen atoms in total. The van der Waals surface area contributed by atoms with Crippen LogP contribution in [-0.2, 0) is 13.0 Å². The van der Waals surface area contributed by atoms with Crippen molar-refractivity contribution in [2.45, 2.75) is 13.0 Å². The molecule has 0 bridgehead atoms. The molecule has 2 aromatic heterocycles. The first-order valence-corrected chi connectivity index (χ1v) is 7.45. The minimum Gasteiger partial charge on any atom is -0.304 e. The summed E-state index contributed by atoms with van der Waals surface area (Å²) in [6.45, 7) is 0.762. The predicted octanol–water partition coefficient (Wildman–Crippen LogP) is 3.78. The molecule has 22 heavy (non-hydrogen) atoms. The van der Waals surface area contributed by atoms with E-state index in [4.69, 9.17) is 16.6 Å². The molecule has 0 atom stereocenters. The average Bonchev–Trinajstić information content (AvgIpc) is 2.78. The maximum Gasteiger partial charge on any atom is 0.137 e. The van der Waals surface area contributed by atoms with E-state index in [0.29, 0.717) is 11.4 Å². The fourth-order valence-electron chi connectivity index (χ4n) is 2.52. The summed E-state index contributed by atoms with van der Waals surface area (Å²) in [5, 5.41) is 0.679. The van der Waals surface area contributed by atoms with Crippen LogP contribution < -0.4 is 0 Å². The Hall–Kier alpha value is -1.91. The van der Waals surface area contributed by atoms with Crippen molar-refractivity contribution in [2.75, 3.05) is 14.1 Å². The molecule has 0 N–H and O–H groups in total. The molecule has 3 rings (SSSR count). The third-order valence-electron chi connectivity index (χ3n) is 3.52. The van der Waals surface area contributed by atoms with Crippen LogP contribution in [0.3, 0.4) is 0 Å². The maximum absolute atomic E-state index is 13.0. The third-order valence-corrected chi connectivity index (χ3v) is 3.74. The molecule has 0 aliphatic carbocycles.